The summed E-state index contributed by atoms with van der Waals surface area (Å²) in [6, 6.07) is 7.55. The van der Waals surface area contributed by atoms with E-state index in [1.165, 1.54) is 6.20 Å². The van der Waals surface area contributed by atoms with Gasteiger partial charge in [0.15, 0.2) is 0 Å². The van der Waals surface area contributed by atoms with Crippen LogP contribution in [0.15, 0.2) is 35.4 Å². The Balaban J connectivity index is 2.37. The van der Waals surface area contributed by atoms with Gasteiger partial charge in [-0.2, -0.15) is 5.10 Å². The van der Waals surface area contributed by atoms with Crippen LogP contribution in [0.1, 0.15) is 16.1 Å². The Hall–Kier alpha value is -1.30. The Bertz CT molecular complexity index is 640. The Morgan fingerprint density at radius 1 is 1.38 bits per heavy atom. The Morgan fingerprint density at radius 2 is 2.10 bits per heavy atom. The average molecular weight is 324 g/mol. The van der Waals surface area contributed by atoms with Crippen molar-refractivity contribution >= 4 is 29.1 Å². The molecule has 0 atom stereocenters. The first-order chi connectivity index (χ1) is 10.0. The number of nitrogens with zero attached hydrogens (tertiary/aromatic N) is 3. The maximum absolute atomic E-state index is 12.8. The summed E-state index contributed by atoms with van der Waals surface area (Å²) in [4.78, 5) is 15.8. The van der Waals surface area contributed by atoms with Crippen LogP contribution in [0.2, 0.25) is 5.02 Å². The molecule has 0 aliphatic heterocycles. The zero-order chi connectivity index (χ0) is 15.4. The third-order valence-corrected chi connectivity index (χ3v) is 4.19. The van der Waals surface area contributed by atoms with E-state index in [9.17, 15) is 4.79 Å². The quantitative estimate of drug-likeness (QED) is 0.605. The number of hydrogen-bond acceptors (Lipinski definition) is 4. The van der Waals surface area contributed by atoms with Crippen LogP contribution >= 0.6 is 23.4 Å². The first kappa shape index (κ1) is 16.1. The Morgan fingerprint density at radius 3 is 2.76 bits per heavy atom. The van der Waals surface area contributed by atoms with E-state index in [1.807, 2.05) is 49.5 Å². The second kappa shape index (κ2) is 7.11. The van der Waals surface area contributed by atoms with E-state index in [2.05, 4.69) is 5.10 Å². The molecule has 1 aromatic carbocycles. The summed E-state index contributed by atoms with van der Waals surface area (Å²) in [5, 5.41) is 4.62. The van der Waals surface area contributed by atoms with Gasteiger partial charge in [-0.25, -0.2) is 0 Å². The topological polar surface area (TPSA) is 38.1 Å². The van der Waals surface area contributed by atoms with Crippen LogP contribution in [0.4, 0.5) is 0 Å². The van der Waals surface area contributed by atoms with Crippen LogP contribution < -0.4 is 0 Å². The molecule has 2 aromatic rings. The molecule has 0 aliphatic carbocycles. The molecule has 0 fully saturated rings. The lowest BCUT2D eigenvalue weighted by Gasteiger charge is -2.12. The van der Waals surface area contributed by atoms with Crippen molar-refractivity contribution in [1.29, 1.82) is 0 Å². The molecule has 0 amide bonds. The summed E-state index contributed by atoms with van der Waals surface area (Å²) < 4.78 is 1.68. The maximum atomic E-state index is 12.8. The highest BCUT2D eigenvalue weighted by atomic mass is 35.5. The van der Waals surface area contributed by atoms with Gasteiger partial charge in [0.05, 0.1) is 17.8 Å². The lowest BCUT2D eigenvalue weighted by Crippen LogP contribution is -2.22. The number of aromatic nitrogens is 2. The monoisotopic (exact) mass is 323 g/mol. The first-order valence-corrected chi connectivity index (χ1v) is 8.18. The SMILES string of the molecule is CSc1ccccc1C(=O)c1c(Cl)cnn1CCN(C)C. The van der Waals surface area contributed by atoms with Gasteiger partial charge in [0.2, 0.25) is 5.78 Å². The predicted molar refractivity (Wildman–Crippen MR) is 87.4 cm³/mol. The van der Waals surface area contributed by atoms with Gasteiger partial charge in [0.25, 0.3) is 0 Å². The van der Waals surface area contributed by atoms with Crippen molar-refractivity contribution in [2.75, 3.05) is 26.9 Å². The summed E-state index contributed by atoms with van der Waals surface area (Å²) in [5.74, 6) is -0.0822. The van der Waals surface area contributed by atoms with Crippen molar-refractivity contribution in [1.82, 2.24) is 14.7 Å². The fraction of sp³-hybridized carbons (Fsp3) is 0.333. The standard InChI is InChI=1S/C15H18ClN3OS/c1-18(2)8-9-19-14(12(16)10-17-19)15(20)11-6-4-5-7-13(11)21-3/h4-7,10H,8-9H2,1-3H3. The van der Waals surface area contributed by atoms with E-state index in [0.29, 0.717) is 22.8 Å². The molecule has 0 aliphatic rings. The van der Waals surface area contributed by atoms with Crippen molar-refractivity contribution in [2.45, 2.75) is 11.4 Å². The lowest BCUT2D eigenvalue weighted by atomic mass is 10.1. The molecule has 2 rings (SSSR count). The normalized spacial score (nSPS) is 11.1. The van der Waals surface area contributed by atoms with Crippen LogP contribution in [0.25, 0.3) is 0 Å². The van der Waals surface area contributed by atoms with Gasteiger partial charge in [0, 0.05) is 17.0 Å². The number of thioether (sulfide) groups is 1. The van der Waals surface area contributed by atoms with E-state index in [-0.39, 0.29) is 5.78 Å². The highest BCUT2D eigenvalue weighted by Crippen LogP contribution is 2.25. The Labute approximate surface area is 134 Å². The van der Waals surface area contributed by atoms with E-state index < -0.39 is 0 Å². The molecule has 0 saturated heterocycles. The van der Waals surface area contributed by atoms with Crippen LogP contribution in [-0.4, -0.2) is 47.4 Å². The minimum atomic E-state index is -0.0822. The van der Waals surface area contributed by atoms with Gasteiger partial charge in [-0.1, -0.05) is 23.7 Å². The smallest absolute Gasteiger partial charge is 0.213 e. The zero-order valence-corrected chi connectivity index (χ0v) is 13.9. The molecule has 0 radical (unpaired) electrons. The molecule has 0 unspecified atom stereocenters. The molecule has 21 heavy (non-hydrogen) atoms. The number of halogens is 1. The number of hydrogen-bond donors (Lipinski definition) is 0. The second-order valence-corrected chi connectivity index (χ2v) is 6.15. The number of likely N-dealkylation sites (N-methyl/N-ethyl adjacent to an activating group) is 1. The van der Waals surface area contributed by atoms with Crippen molar-refractivity contribution in [2.24, 2.45) is 0 Å². The van der Waals surface area contributed by atoms with Crippen molar-refractivity contribution in [3.8, 4) is 0 Å². The molecule has 0 bridgehead atoms. The molecular formula is C15H18ClN3OS. The average Bonchev–Trinajstić information content (AvgIpc) is 2.85. The highest BCUT2D eigenvalue weighted by Gasteiger charge is 2.21. The van der Waals surface area contributed by atoms with Gasteiger partial charge in [-0.3, -0.25) is 9.48 Å². The van der Waals surface area contributed by atoms with E-state index in [1.54, 1.807) is 16.4 Å². The Kier molecular flexibility index (Phi) is 5.45. The van der Waals surface area contributed by atoms with Gasteiger partial charge in [0.1, 0.15) is 5.69 Å². The van der Waals surface area contributed by atoms with Gasteiger partial charge in [-0.05, 0) is 32.5 Å². The zero-order valence-electron chi connectivity index (χ0n) is 12.3. The predicted octanol–water partition coefficient (Wildman–Crippen LogP) is 3.05. The molecule has 4 nitrogen and oxygen atoms in total. The number of ketones is 1. The van der Waals surface area contributed by atoms with Gasteiger partial charge in [-0.15, -0.1) is 11.8 Å². The van der Waals surface area contributed by atoms with Crippen LogP contribution in [0.3, 0.4) is 0 Å². The fourth-order valence-electron chi connectivity index (χ4n) is 2.01. The van der Waals surface area contributed by atoms with Gasteiger partial charge >= 0.3 is 0 Å². The number of rotatable bonds is 6. The molecule has 6 heteroatoms. The summed E-state index contributed by atoms with van der Waals surface area (Å²) >= 11 is 7.73. The molecule has 0 spiro atoms. The van der Waals surface area contributed by atoms with E-state index in [4.69, 9.17) is 11.6 Å². The number of carbonyl (C=O) groups excluding carboxylic acids is 1. The van der Waals surface area contributed by atoms with E-state index >= 15 is 0 Å². The summed E-state index contributed by atoms with van der Waals surface area (Å²) in [6.45, 7) is 1.42. The third kappa shape index (κ3) is 3.67. The molecule has 0 saturated carbocycles. The fourth-order valence-corrected chi connectivity index (χ4v) is 2.83. The van der Waals surface area contributed by atoms with Crippen LogP contribution in [0.5, 0.6) is 0 Å². The van der Waals surface area contributed by atoms with E-state index in [0.717, 1.165) is 11.4 Å². The van der Waals surface area contributed by atoms with Crippen molar-refractivity contribution < 1.29 is 4.79 Å². The molecule has 0 N–H and O–H groups in total. The highest BCUT2D eigenvalue weighted by molar-refractivity contribution is 7.98. The largest absolute Gasteiger partial charge is 0.308 e. The minimum Gasteiger partial charge on any atom is -0.308 e. The van der Waals surface area contributed by atoms with Crippen LogP contribution in [-0.2, 0) is 6.54 Å². The molecular weight excluding hydrogens is 306 g/mol. The summed E-state index contributed by atoms with van der Waals surface area (Å²) in [5.41, 5.74) is 1.12. The van der Waals surface area contributed by atoms with Gasteiger partial charge < -0.3 is 4.90 Å². The first-order valence-electron chi connectivity index (χ1n) is 6.58. The minimum absolute atomic E-state index is 0.0822. The molecule has 112 valence electrons. The molecule has 1 aromatic heterocycles. The summed E-state index contributed by atoms with van der Waals surface area (Å²) in [6.07, 6.45) is 3.49. The lowest BCUT2D eigenvalue weighted by molar-refractivity contribution is 0.102. The number of benzene rings is 1. The third-order valence-electron chi connectivity index (χ3n) is 3.12. The second-order valence-electron chi connectivity index (χ2n) is 4.90. The maximum Gasteiger partial charge on any atom is 0.213 e. The van der Waals surface area contributed by atoms with Crippen LogP contribution in [0, 0.1) is 0 Å². The van der Waals surface area contributed by atoms with Crippen molar-refractivity contribution in [3.63, 3.8) is 0 Å². The van der Waals surface area contributed by atoms with Crippen molar-refractivity contribution in [3.05, 3.63) is 46.7 Å². The molecule has 1 heterocycles. The summed E-state index contributed by atoms with van der Waals surface area (Å²) in [7, 11) is 3.96. The number of carbonyl (C=O) groups is 1.